The average molecular weight is 212 g/mol. The maximum Gasteiger partial charge on any atom is 0.248 e. The van der Waals surface area contributed by atoms with Crippen LogP contribution in [0.15, 0.2) is 0 Å². The summed E-state index contributed by atoms with van der Waals surface area (Å²) in [6.45, 7) is 3.87. The van der Waals surface area contributed by atoms with E-state index in [4.69, 9.17) is 10.5 Å². The third kappa shape index (κ3) is 2.32. The fourth-order valence-corrected chi connectivity index (χ4v) is 2.48. The van der Waals surface area contributed by atoms with Gasteiger partial charge in [-0.3, -0.25) is 10.1 Å². The number of rotatable bonds is 3. The molecule has 2 atom stereocenters. The largest absolute Gasteiger partial charge is 0.367 e. The normalized spacial score (nSPS) is 35.1. The Hall–Kier alpha value is -0.610. The Bertz CT molecular complexity index is 261. The molecule has 1 aliphatic carbocycles. The van der Waals surface area contributed by atoms with Crippen molar-refractivity contribution in [1.82, 2.24) is 5.32 Å². The third-order valence-corrected chi connectivity index (χ3v) is 3.41. The summed E-state index contributed by atoms with van der Waals surface area (Å²) in [6, 6.07) is 0.0998. The monoisotopic (exact) mass is 212 g/mol. The molecule has 2 rings (SSSR count). The molecular weight excluding hydrogens is 192 g/mol. The Morgan fingerprint density at radius 2 is 2.20 bits per heavy atom. The molecule has 1 amide bonds. The molecule has 1 saturated carbocycles. The van der Waals surface area contributed by atoms with Gasteiger partial charge in [-0.1, -0.05) is 19.3 Å². The van der Waals surface area contributed by atoms with E-state index in [1.165, 1.54) is 19.3 Å². The molecule has 1 aliphatic heterocycles. The van der Waals surface area contributed by atoms with E-state index in [2.05, 4.69) is 5.32 Å². The lowest BCUT2D eigenvalue weighted by Crippen LogP contribution is -2.43. The van der Waals surface area contributed by atoms with Crippen molar-refractivity contribution in [3.8, 4) is 0 Å². The molecular formula is C11H20N2O2. The van der Waals surface area contributed by atoms with Gasteiger partial charge in [0.15, 0.2) is 6.10 Å². The first-order valence-electron chi connectivity index (χ1n) is 5.73. The van der Waals surface area contributed by atoms with Gasteiger partial charge in [-0.15, -0.1) is 0 Å². The lowest BCUT2D eigenvalue weighted by Gasteiger charge is -2.29. The summed E-state index contributed by atoms with van der Waals surface area (Å²) in [5, 5.41) is 3.34. The second kappa shape index (κ2) is 3.76. The van der Waals surface area contributed by atoms with Gasteiger partial charge in [0, 0.05) is 6.04 Å². The highest BCUT2D eigenvalue weighted by Crippen LogP contribution is 2.34. The first kappa shape index (κ1) is 10.9. The minimum atomic E-state index is -0.458. The minimum absolute atomic E-state index is 0.0998. The number of hydrogen-bond donors (Lipinski definition) is 2. The summed E-state index contributed by atoms with van der Waals surface area (Å²) in [7, 11) is 0. The number of nitrogens with one attached hydrogen (secondary N) is 1. The number of ether oxygens (including phenoxy) is 1. The molecule has 2 aliphatic rings. The molecule has 1 heterocycles. The average Bonchev–Trinajstić information content (AvgIpc) is 2.34. The quantitative estimate of drug-likeness (QED) is 0.725. The molecule has 15 heavy (non-hydrogen) atoms. The molecule has 0 aromatic carbocycles. The zero-order valence-electron chi connectivity index (χ0n) is 9.45. The Labute approximate surface area is 90.5 Å². The highest BCUT2D eigenvalue weighted by atomic mass is 16.5. The standard InChI is InChI=1S/C11H20N2O2/c1-11(2)13-8(6-7-4-3-5-7)9(15-11)10(12)14/h7-9,13H,3-6H2,1-2H3,(H2,12,14). The number of amides is 1. The van der Waals surface area contributed by atoms with E-state index in [1.54, 1.807) is 0 Å². The molecule has 4 heteroatoms. The van der Waals surface area contributed by atoms with Crippen molar-refractivity contribution in [1.29, 1.82) is 0 Å². The highest BCUT2D eigenvalue weighted by Gasteiger charge is 2.43. The van der Waals surface area contributed by atoms with Crippen LogP contribution in [0.3, 0.4) is 0 Å². The van der Waals surface area contributed by atoms with Crippen molar-refractivity contribution >= 4 is 5.91 Å². The SMILES string of the molecule is CC1(C)NC(CC2CCC2)C(C(N)=O)O1. The van der Waals surface area contributed by atoms with Crippen molar-refractivity contribution < 1.29 is 9.53 Å². The molecule has 1 saturated heterocycles. The second-order valence-electron chi connectivity index (χ2n) is 5.23. The van der Waals surface area contributed by atoms with Crippen LogP contribution in [-0.4, -0.2) is 23.8 Å². The Morgan fingerprint density at radius 3 is 2.67 bits per heavy atom. The van der Waals surface area contributed by atoms with E-state index in [0.29, 0.717) is 0 Å². The van der Waals surface area contributed by atoms with Crippen LogP contribution in [0.4, 0.5) is 0 Å². The first-order valence-corrected chi connectivity index (χ1v) is 5.73. The lowest BCUT2D eigenvalue weighted by atomic mass is 9.80. The van der Waals surface area contributed by atoms with Crippen molar-refractivity contribution in [3.63, 3.8) is 0 Å². The molecule has 0 spiro atoms. The van der Waals surface area contributed by atoms with Crippen LogP contribution >= 0.6 is 0 Å². The van der Waals surface area contributed by atoms with Gasteiger partial charge < -0.3 is 10.5 Å². The summed E-state index contributed by atoms with van der Waals surface area (Å²) in [5.41, 5.74) is 4.92. The molecule has 2 unspecified atom stereocenters. The van der Waals surface area contributed by atoms with Crippen molar-refractivity contribution in [3.05, 3.63) is 0 Å². The van der Waals surface area contributed by atoms with E-state index >= 15 is 0 Å². The number of primary amides is 1. The maximum atomic E-state index is 11.2. The molecule has 0 radical (unpaired) electrons. The summed E-state index contributed by atoms with van der Waals surface area (Å²) >= 11 is 0. The summed E-state index contributed by atoms with van der Waals surface area (Å²) in [5.74, 6) is 0.402. The van der Waals surface area contributed by atoms with E-state index in [-0.39, 0.29) is 11.9 Å². The molecule has 3 N–H and O–H groups in total. The van der Waals surface area contributed by atoms with E-state index in [9.17, 15) is 4.79 Å². The van der Waals surface area contributed by atoms with Crippen LogP contribution in [0, 0.1) is 5.92 Å². The van der Waals surface area contributed by atoms with Crippen molar-refractivity contribution in [2.24, 2.45) is 11.7 Å². The molecule has 0 aromatic rings. The van der Waals surface area contributed by atoms with Gasteiger partial charge in [-0.2, -0.15) is 0 Å². The number of carbonyl (C=O) groups excluding carboxylic acids is 1. The lowest BCUT2D eigenvalue weighted by molar-refractivity contribution is -0.133. The molecule has 4 nitrogen and oxygen atoms in total. The summed E-state index contributed by atoms with van der Waals surface area (Å²) in [6.07, 6.45) is 4.44. The van der Waals surface area contributed by atoms with Gasteiger partial charge in [0.25, 0.3) is 0 Å². The molecule has 0 aromatic heterocycles. The van der Waals surface area contributed by atoms with Gasteiger partial charge >= 0.3 is 0 Å². The van der Waals surface area contributed by atoms with E-state index < -0.39 is 11.8 Å². The first-order chi connectivity index (χ1) is 6.98. The van der Waals surface area contributed by atoms with E-state index in [0.717, 1.165) is 12.3 Å². The number of carbonyl (C=O) groups is 1. The van der Waals surface area contributed by atoms with Gasteiger partial charge in [0.2, 0.25) is 5.91 Å². The number of nitrogens with two attached hydrogens (primary N) is 1. The van der Waals surface area contributed by atoms with Crippen LogP contribution in [-0.2, 0) is 9.53 Å². The smallest absolute Gasteiger partial charge is 0.248 e. The topological polar surface area (TPSA) is 64.3 Å². The zero-order valence-corrected chi connectivity index (χ0v) is 9.45. The maximum absolute atomic E-state index is 11.2. The minimum Gasteiger partial charge on any atom is -0.367 e. The van der Waals surface area contributed by atoms with Gasteiger partial charge in [-0.25, -0.2) is 0 Å². The number of hydrogen-bond acceptors (Lipinski definition) is 3. The second-order valence-corrected chi connectivity index (χ2v) is 5.23. The Kier molecular flexibility index (Phi) is 2.73. The fraction of sp³-hybridized carbons (Fsp3) is 0.909. The zero-order chi connectivity index (χ0) is 11.1. The highest BCUT2D eigenvalue weighted by molar-refractivity contribution is 5.80. The van der Waals surface area contributed by atoms with Gasteiger partial charge in [0.05, 0.1) is 0 Å². The fourth-order valence-electron chi connectivity index (χ4n) is 2.48. The molecule has 2 fully saturated rings. The van der Waals surface area contributed by atoms with Crippen LogP contribution in [0.5, 0.6) is 0 Å². The van der Waals surface area contributed by atoms with Crippen LogP contribution in [0.1, 0.15) is 39.5 Å². The molecule has 86 valence electrons. The van der Waals surface area contributed by atoms with Crippen LogP contribution in [0.2, 0.25) is 0 Å². The van der Waals surface area contributed by atoms with Crippen LogP contribution < -0.4 is 11.1 Å². The Balaban J connectivity index is 1.97. The van der Waals surface area contributed by atoms with Crippen LogP contribution in [0.25, 0.3) is 0 Å². The third-order valence-electron chi connectivity index (χ3n) is 3.41. The van der Waals surface area contributed by atoms with E-state index in [1.807, 2.05) is 13.8 Å². The van der Waals surface area contributed by atoms with Gasteiger partial charge in [-0.05, 0) is 26.2 Å². The Morgan fingerprint density at radius 1 is 1.53 bits per heavy atom. The predicted molar refractivity (Wildman–Crippen MR) is 57.0 cm³/mol. The van der Waals surface area contributed by atoms with Crippen molar-refractivity contribution in [2.75, 3.05) is 0 Å². The van der Waals surface area contributed by atoms with Crippen molar-refractivity contribution in [2.45, 2.75) is 57.4 Å². The summed E-state index contributed by atoms with van der Waals surface area (Å²) < 4.78 is 5.61. The van der Waals surface area contributed by atoms with Gasteiger partial charge in [0.1, 0.15) is 5.72 Å². The summed E-state index contributed by atoms with van der Waals surface area (Å²) in [4.78, 5) is 11.2. The molecule has 0 bridgehead atoms. The predicted octanol–water partition coefficient (Wildman–Crippen LogP) is 0.755.